The highest BCUT2D eigenvalue weighted by Crippen LogP contribution is 2.44. The maximum atomic E-state index is 12.0. The van der Waals surface area contributed by atoms with E-state index in [1.807, 2.05) is 6.92 Å². The van der Waals surface area contributed by atoms with Crippen LogP contribution >= 0.6 is 11.6 Å². The minimum atomic E-state index is -0.121. The Balaban J connectivity index is 2.02. The van der Waals surface area contributed by atoms with Gasteiger partial charge in [-0.3, -0.25) is 4.79 Å². The molecule has 17 heavy (non-hydrogen) atoms. The summed E-state index contributed by atoms with van der Waals surface area (Å²) in [7, 11) is 0. The van der Waals surface area contributed by atoms with E-state index in [0.29, 0.717) is 17.1 Å². The van der Waals surface area contributed by atoms with Crippen LogP contribution in [0, 0.1) is 12.3 Å². The molecule has 1 saturated carbocycles. The average molecular weight is 254 g/mol. The largest absolute Gasteiger partial charge is 0.396 e. The molecule has 4 heteroatoms. The topological polar surface area (TPSA) is 49.3 Å². The number of hydrogen-bond donors (Lipinski definition) is 2. The zero-order valence-corrected chi connectivity index (χ0v) is 10.5. The Hall–Kier alpha value is -1.06. The number of benzene rings is 1. The van der Waals surface area contributed by atoms with Crippen LogP contribution in [0.25, 0.3) is 0 Å². The molecule has 1 aromatic rings. The second-order valence-corrected chi connectivity index (χ2v) is 5.16. The number of rotatable bonds is 4. The van der Waals surface area contributed by atoms with Crippen molar-refractivity contribution in [2.24, 2.45) is 5.41 Å². The third-order valence-electron chi connectivity index (χ3n) is 3.43. The van der Waals surface area contributed by atoms with Crippen LogP contribution in [0.4, 0.5) is 0 Å². The summed E-state index contributed by atoms with van der Waals surface area (Å²) in [6, 6.07) is 5.29. The lowest BCUT2D eigenvalue weighted by Gasteiger charge is -2.14. The van der Waals surface area contributed by atoms with E-state index in [0.717, 1.165) is 18.4 Å². The molecule has 0 heterocycles. The van der Waals surface area contributed by atoms with Gasteiger partial charge in [-0.15, -0.1) is 0 Å². The van der Waals surface area contributed by atoms with Crippen molar-refractivity contribution in [2.45, 2.75) is 19.8 Å². The van der Waals surface area contributed by atoms with Crippen molar-refractivity contribution in [3.8, 4) is 0 Å². The molecule has 0 spiro atoms. The molecule has 0 bridgehead atoms. The molecule has 2 N–H and O–H groups in total. The van der Waals surface area contributed by atoms with Crippen molar-refractivity contribution >= 4 is 17.5 Å². The van der Waals surface area contributed by atoms with E-state index in [1.165, 1.54) is 0 Å². The Morgan fingerprint density at radius 1 is 1.53 bits per heavy atom. The molecule has 0 aliphatic heterocycles. The maximum absolute atomic E-state index is 12.0. The predicted molar refractivity (Wildman–Crippen MR) is 67.3 cm³/mol. The van der Waals surface area contributed by atoms with Crippen molar-refractivity contribution in [3.05, 3.63) is 34.3 Å². The van der Waals surface area contributed by atoms with Crippen molar-refractivity contribution in [1.82, 2.24) is 5.32 Å². The van der Waals surface area contributed by atoms with Gasteiger partial charge in [0.1, 0.15) is 0 Å². The van der Waals surface area contributed by atoms with E-state index in [2.05, 4.69) is 5.32 Å². The van der Waals surface area contributed by atoms with Crippen LogP contribution in [0.2, 0.25) is 5.02 Å². The van der Waals surface area contributed by atoms with Gasteiger partial charge in [-0.1, -0.05) is 17.7 Å². The number of halogens is 1. The Morgan fingerprint density at radius 3 is 2.82 bits per heavy atom. The van der Waals surface area contributed by atoms with E-state index >= 15 is 0 Å². The van der Waals surface area contributed by atoms with Gasteiger partial charge in [0.2, 0.25) is 0 Å². The highest BCUT2D eigenvalue weighted by Gasteiger charge is 2.42. The third kappa shape index (κ3) is 2.61. The van der Waals surface area contributed by atoms with Gasteiger partial charge >= 0.3 is 0 Å². The fourth-order valence-electron chi connectivity index (χ4n) is 1.78. The molecule has 0 atom stereocenters. The van der Waals surface area contributed by atoms with E-state index in [-0.39, 0.29) is 17.9 Å². The maximum Gasteiger partial charge on any atom is 0.251 e. The van der Waals surface area contributed by atoms with Gasteiger partial charge in [-0.05, 0) is 37.5 Å². The number of carbonyl (C=O) groups excluding carboxylic acids is 1. The minimum absolute atomic E-state index is 0.0673. The average Bonchev–Trinajstić information content (AvgIpc) is 3.10. The first kappa shape index (κ1) is 12.4. The second kappa shape index (κ2) is 4.67. The van der Waals surface area contributed by atoms with Gasteiger partial charge in [0.05, 0.1) is 6.61 Å². The lowest BCUT2D eigenvalue weighted by molar-refractivity contribution is 0.0934. The summed E-state index contributed by atoms with van der Waals surface area (Å²) < 4.78 is 0. The normalized spacial score (nSPS) is 16.6. The second-order valence-electron chi connectivity index (χ2n) is 4.75. The summed E-state index contributed by atoms with van der Waals surface area (Å²) in [5.74, 6) is -0.121. The van der Waals surface area contributed by atoms with E-state index < -0.39 is 0 Å². The molecule has 1 aromatic carbocycles. The molecular weight excluding hydrogens is 238 g/mol. The minimum Gasteiger partial charge on any atom is -0.396 e. The van der Waals surface area contributed by atoms with Gasteiger partial charge in [0.25, 0.3) is 5.91 Å². The molecule has 0 unspecified atom stereocenters. The quantitative estimate of drug-likeness (QED) is 0.864. The molecule has 0 aromatic heterocycles. The molecule has 0 saturated heterocycles. The number of amides is 1. The van der Waals surface area contributed by atoms with E-state index in [9.17, 15) is 4.79 Å². The van der Waals surface area contributed by atoms with E-state index in [1.54, 1.807) is 18.2 Å². The van der Waals surface area contributed by atoms with Crippen LogP contribution in [0.3, 0.4) is 0 Å². The Morgan fingerprint density at radius 2 is 2.24 bits per heavy atom. The fourth-order valence-corrected chi connectivity index (χ4v) is 1.96. The number of nitrogens with one attached hydrogen (secondary N) is 1. The zero-order valence-electron chi connectivity index (χ0n) is 9.79. The van der Waals surface area contributed by atoms with Crippen LogP contribution in [0.15, 0.2) is 18.2 Å². The first-order chi connectivity index (χ1) is 8.08. The lowest BCUT2D eigenvalue weighted by atomic mass is 10.1. The van der Waals surface area contributed by atoms with Crippen LogP contribution in [-0.2, 0) is 0 Å². The van der Waals surface area contributed by atoms with Crippen LogP contribution in [0.5, 0.6) is 0 Å². The Bertz CT molecular complexity index is 441. The summed E-state index contributed by atoms with van der Waals surface area (Å²) in [4.78, 5) is 12.0. The van der Waals surface area contributed by atoms with Gasteiger partial charge in [-0.2, -0.15) is 0 Å². The van der Waals surface area contributed by atoms with E-state index in [4.69, 9.17) is 16.7 Å². The Kier molecular flexibility index (Phi) is 3.40. The number of carbonyl (C=O) groups is 1. The number of hydrogen-bond acceptors (Lipinski definition) is 2. The SMILES string of the molecule is Cc1c(Cl)cccc1C(=O)NCC1(CO)CC1. The van der Waals surface area contributed by atoms with Crippen molar-refractivity contribution in [2.75, 3.05) is 13.2 Å². The van der Waals surface area contributed by atoms with Gasteiger partial charge in [0, 0.05) is 22.5 Å². The van der Waals surface area contributed by atoms with Crippen molar-refractivity contribution in [1.29, 1.82) is 0 Å². The van der Waals surface area contributed by atoms with Crippen molar-refractivity contribution < 1.29 is 9.90 Å². The monoisotopic (exact) mass is 253 g/mol. The van der Waals surface area contributed by atoms with Gasteiger partial charge in [-0.25, -0.2) is 0 Å². The Labute approximate surface area is 106 Å². The predicted octanol–water partition coefficient (Wildman–Crippen LogP) is 2.15. The van der Waals surface area contributed by atoms with Crippen LogP contribution in [-0.4, -0.2) is 24.2 Å². The summed E-state index contributed by atoms with van der Waals surface area (Å²) in [6.07, 6.45) is 1.97. The third-order valence-corrected chi connectivity index (χ3v) is 3.84. The molecular formula is C13H16ClNO2. The molecule has 3 nitrogen and oxygen atoms in total. The van der Waals surface area contributed by atoms with Crippen LogP contribution in [0.1, 0.15) is 28.8 Å². The molecule has 1 aliphatic rings. The first-order valence-corrected chi connectivity index (χ1v) is 6.10. The fraction of sp³-hybridized carbons (Fsp3) is 0.462. The van der Waals surface area contributed by atoms with Crippen LogP contribution < -0.4 is 5.32 Å². The zero-order chi connectivity index (χ0) is 12.5. The lowest BCUT2D eigenvalue weighted by Crippen LogP contribution is -2.32. The summed E-state index contributed by atoms with van der Waals surface area (Å²) in [6.45, 7) is 2.51. The summed E-state index contributed by atoms with van der Waals surface area (Å²) in [5, 5.41) is 12.6. The van der Waals surface area contributed by atoms with Crippen molar-refractivity contribution in [3.63, 3.8) is 0 Å². The molecule has 1 amide bonds. The first-order valence-electron chi connectivity index (χ1n) is 5.72. The molecule has 0 radical (unpaired) electrons. The smallest absolute Gasteiger partial charge is 0.251 e. The summed E-state index contributed by atoms with van der Waals surface area (Å²) in [5.41, 5.74) is 1.33. The molecule has 1 fully saturated rings. The highest BCUT2D eigenvalue weighted by molar-refractivity contribution is 6.31. The molecule has 2 rings (SSSR count). The number of aliphatic hydroxyl groups excluding tert-OH is 1. The standard InChI is InChI=1S/C13H16ClNO2/c1-9-10(3-2-4-11(9)14)12(17)15-7-13(8-16)5-6-13/h2-4,16H,5-8H2,1H3,(H,15,17). The number of aliphatic hydroxyl groups is 1. The van der Waals surface area contributed by atoms with Gasteiger partial charge < -0.3 is 10.4 Å². The van der Waals surface area contributed by atoms with Gasteiger partial charge in [0.15, 0.2) is 0 Å². The molecule has 92 valence electrons. The highest BCUT2D eigenvalue weighted by atomic mass is 35.5. The molecule has 1 aliphatic carbocycles. The summed E-state index contributed by atoms with van der Waals surface area (Å²) >= 11 is 5.97.